The molecule has 1 aromatic carbocycles. The maximum absolute atomic E-state index is 13.2. The second-order valence-electron chi connectivity index (χ2n) is 7.47. The van der Waals surface area contributed by atoms with E-state index in [1.807, 2.05) is 0 Å². The average Bonchev–Trinajstić information content (AvgIpc) is 3.34. The van der Waals surface area contributed by atoms with Crippen LogP contribution in [0.25, 0.3) is 5.69 Å². The number of halogens is 1. The topological polar surface area (TPSA) is 102 Å². The second kappa shape index (κ2) is 6.41. The first-order chi connectivity index (χ1) is 14.0. The summed E-state index contributed by atoms with van der Waals surface area (Å²) in [5, 5.41) is 15.5. The number of aryl methyl sites for hydroxylation is 1. The van der Waals surface area contributed by atoms with Crippen molar-refractivity contribution < 1.29 is 9.32 Å². The van der Waals surface area contributed by atoms with E-state index in [4.69, 9.17) is 16.1 Å². The molecule has 1 N–H and O–H groups in total. The predicted octanol–water partition coefficient (Wildman–Crippen LogP) is 3.67. The van der Waals surface area contributed by atoms with Crippen molar-refractivity contribution in [2.75, 3.05) is 5.32 Å². The number of nitrogens with zero attached hydrogens (tertiary/aromatic N) is 6. The van der Waals surface area contributed by atoms with Gasteiger partial charge in [0.2, 0.25) is 0 Å². The van der Waals surface area contributed by atoms with Crippen LogP contribution in [-0.2, 0) is 5.54 Å². The summed E-state index contributed by atoms with van der Waals surface area (Å²) in [6.07, 6.45) is 6.74. The molecule has 0 unspecified atom stereocenters. The van der Waals surface area contributed by atoms with Gasteiger partial charge in [-0.1, -0.05) is 23.7 Å². The van der Waals surface area contributed by atoms with Gasteiger partial charge in [0.25, 0.3) is 5.89 Å². The lowest BCUT2D eigenvalue weighted by Gasteiger charge is -2.53. The first-order valence-electron chi connectivity index (χ1n) is 9.26. The SMILES string of the molecule is Cc1noc([C@@]23C=C(C[C@@H](C)C2)N3C(=O)Nc2ccc(Cl)c(-n3nccn3)c2)n1. The van der Waals surface area contributed by atoms with Crippen molar-refractivity contribution in [2.45, 2.75) is 32.2 Å². The largest absolute Gasteiger partial charge is 0.336 e. The summed E-state index contributed by atoms with van der Waals surface area (Å²) in [7, 11) is 0. The van der Waals surface area contributed by atoms with Gasteiger partial charge in [-0.3, -0.25) is 4.90 Å². The number of piperidine rings is 1. The van der Waals surface area contributed by atoms with Gasteiger partial charge in [-0.2, -0.15) is 20.0 Å². The standard InChI is InChI=1S/C19H18ClN7O2/c1-11-7-14-10-19(9-11,17-23-12(2)25-29-17)26(14)18(28)24-13-3-4-15(20)16(8-13)27-21-5-6-22-27/h3-6,8,10-11H,7,9H2,1-2H3,(H,24,28)/t11-,19+/m1/s1. The van der Waals surface area contributed by atoms with E-state index >= 15 is 0 Å². The van der Waals surface area contributed by atoms with Crippen molar-refractivity contribution in [2.24, 2.45) is 5.92 Å². The number of nitrogens with one attached hydrogen (secondary N) is 1. The zero-order valence-electron chi connectivity index (χ0n) is 15.8. The molecule has 0 fully saturated rings. The molecule has 148 valence electrons. The van der Waals surface area contributed by atoms with E-state index in [2.05, 4.69) is 38.7 Å². The van der Waals surface area contributed by atoms with Gasteiger partial charge in [0.15, 0.2) is 5.82 Å². The highest BCUT2D eigenvalue weighted by molar-refractivity contribution is 6.32. The molecule has 9 nitrogen and oxygen atoms in total. The zero-order chi connectivity index (χ0) is 20.2. The van der Waals surface area contributed by atoms with E-state index in [0.717, 1.165) is 18.5 Å². The van der Waals surface area contributed by atoms with Crippen molar-refractivity contribution in [3.63, 3.8) is 0 Å². The Balaban J connectivity index is 1.44. The molecule has 2 aromatic heterocycles. The van der Waals surface area contributed by atoms with Crippen LogP contribution in [-0.4, -0.2) is 36.1 Å². The fraction of sp³-hybridized carbons (Fsp3) is 0.316. The van der Waals surface area contributed by atoms with Crippen LogP contribution in [0.4, 0.5) is 10.5 Å². The third kappa shape index (κ3) is 2.80. The van der Waals surface area contributed by atoms with Crippen molar-refractivity contribution >= 4 is 23.3 Å². The lowest BCUT2D eigenvalue weighted by atomic mass is 9.71. The van der Waals surface area contributed by atoms with Crippen LogP contribution in [0.1, 0.15) is 31.5 Å². The molecule has 10 heteroatoms. The Morgan fingerprint density at radius 2 is 2.14 bits per heavy atom. The van der Waals surface area contributed by atoms with E-state index in [-0.39, 0.29) is 6.03 Å². The fourth-order valence-corrected chi connectivity index (χ4v) is 4.34. The van der Waals surface area contributed by atoms with Gasteiger partial charge < -0.3 is 9.84 Å². The Hall–Kier alpha value is -3.20. The smallest absolute Gasteiger partial charge is 0.327 e. The monoisotopic (exact) mass is 411 g/mol. The molecular formula is C19H18ClN7O2. The van der Waals surface area contributed by atoms with Crippen molar-refractivity contribution in [1.29, 1.82) is 0 Å². The highest BCUT2D eigenvalue weighted by atomic mass is 35.5. The molecule has 1 aliphatic carbocycles. The third-order valence-electron chi connectivity index (χ3n) is 5.24. The second-order valence-corrected chi connectivity index (χ2v) is 7.88. The van der Waals surface area contributed by atoms with Gasteiger partial charge in [0.05, 0.1) is 17.4 Å². The number of fused-ring (bicyclic) bond motifs is 1. The van der Waals surface area contributed by atoms with Gasteiger partial charge in [-0.25, -0.2) is 4.79 Å². The Bertz CT molecular complexity index is 1120. The number of aromatic nitrogens is 5. The van der Waals surface area contributed by atoms with Crippen LogP contribution in [0.15, 0.2) is 46.9 Å². The average molecular weight is 412 g/mol. The van der Waals surface area contributed by atoms with Gasteiger partial charge >= 0.3 is 6.03 Å². The predicted molar refractivity (Wildman–Crippen MR) is 104 cm³/mol. The number of likely N-dealkylation sites (tertiary alicyclic amines) is 1. The van der Waals surface area contributed by atoms with E-state index < -0.39 is 5.54 Å². The summed E-state index contributed by atoms with van der Waals surface area (Å²) in [4.78, 5) is 20.7. The van der Waals surface area contributed by atoms with E-state index in [1.165, 1.54) is 4.80 Å². The summed E-state index contributed by atoms with van der Waals surface area (Å²) in [6.45, 7) is 3.92. The van der Waals surface area contributed by atoms with Crippen LogP contribution in [0.3, 0.4) is 0 Å². The van der Waals surface area contributed by atoms with Crippen LogP contribution >= 0.6 is 11.6 Å². The Morgan fingerprint density at radius 3 is 2.86 bits per heavy atom. The van der Waals surface area contributed by atoms with Crippen LogP contribution in [0, 0.1) is 12.8 Å². The van der Waals surface area contributed by atoms with Crippen LogP contribution < -0.4 is 5.32 Å². The first kappa shape index (κ1) is 17.9. The lowest BCUT2D eigenvalue weighted by Crippen LogP contribution is -2.60. The maximum atomic E-state index is 13.2. The molecular weight excluding hydrogens is 394 g/mol. The molecule has 0 saturated heterocycles. The van der Waals surface area contributed by atoms with Crippen LogP contribution in [0.5, 0.6) is 0 Å². The molecule has 2 atom stereocenters. The molecule has 29 heavy (non-hydrogen) atoms. The van der Waals surface area contributed by atoms with Crippen LogP contribution in [0.2, 0.25) is 5.02 Å². The molecule has 2 aliphatic rings. The summed E-state index contributed by atoms with van der Waals surface area (Å²) in [5.74, 6) is 1.40. The highest BCUT2D eigenvalue weighted by Crippen LogP contribution is 2.53. The number of hydrogen-bond donors (Lipinski definition) is 1. The summed E-state index contributed by atoms with van der Waals surface area (Å²) >= 11 is 6.26. The fourth-order valence-electron chi connectivity index (χ4n) is 4.15. The third-order valence-corrected chi connectivity index (χ3v) is 5.56. The van der Waals surface area contributed by atoms with Gasteiger partial charge in [-0.05, 0) is 50.0 Å². The number of amides is 2. The number of carbonyl (C=O) groups excluding carboxylic acids is 1. The Kier molecular flexibility index (Phi) is 3.95. The van der Waals surface area contributed by atoms with Gasteiger partial charge in [0.1, 0.15) is 11.2 Å². The first-order valence-corrected chi connectivity index (χ1v) is 9.64. The number of anilines is 1. The molecule has 3 aromatic rings. The Labute approximate surface area is 171 Å². The van der Waals surface area contributed by atoms with Crippen molar-refractivity contribution in [1.82, 2.24) is 30.0 Å². The minimum atomic E-state index is -0.697. The molecule has 1 aliphatic heterocycles. The summed E-state index contributed by atoms with van der Waals surface area (Å²) in [5.41, 5.74) is 1.42. The molecule has 0 radical (unpaired) electrons. The number of urea groups is 1. The molecule has 2 amide bonds. The minimum absolute atomic E-state index is 0.257. The zero-order valence-corrected chi connectivity index (χ0v) is 16.6. The van der Waals surface area contributed by atoms with Gasteiger partial charge in [-0.15, -0.1) is 0 Å². The Morgan fingerprint density at radius 1 is 1.34 bits per heavy atom. The molecule has 0 saturated carbocycles. The number of hydrogen-bond acceptors (Lipinski definition) is 6. The number of allylic oxidation sites excluding steroid dienone is 1. The number of benzene rings is 1. The van der Waals surface area contributed by atoms with Crippen molar-refractivity contribution in [3.05, 3.63) is 59.1 Å². The van der Waals surface area contributed by atoms with E-state index in [0.29, 0.717) is 34.0 Å². The summed E-state index contributed by atoms with van der Waals surface area (Å²) in [6, 6.07) is 4.91. The maximum Gasteiger partial charge on any atom is 0.327 e. The minimum Gasteiger partial charge on any atom is -0.336 e. The van der Waals surface area contributed by atoms with E-state index in [1.54, 1.807) is 42.4 Å². The lowest BCUT2D eigenvalue weighted by molar-refractivity contribution is 0.0620. The number of rotatable bonds is 3. The number of carbonyl (C=O) groups is 1. The van der Waals surface area contributed by atoms with Crippen molar-refractivity contribution in [3.8, 4) is 5.69 Å². The molecule has 2 bridgehead atoms. The normalized spacial score (nSPS) is 22.8. The van der Waals surface area contributed by atoms with Gasteiger partial charge in [0, 0.05) is 11.4 Å². The quantitative estimate of drug-likeness (QED) is 0.705. The molecule has 5 rings (SSSR count). The van der Waals surface area contributed by atoms with E-state index in [9.17, 15) is 4.79 Å². The summed E-state index contributed by atoms with van der Waals surface area (Å²) < 4.78 is 5.44. The molecule has 0 spiro atoms. The highest BCUT2D eigenvalue weighted by Gasteiger charge is 2.56. The molecule has 3 heterocycles.